The zero-order valence-corrected chi connectivity index (χ0v) is 20.0. The van der Waals surface area contributed by atoms with Gasteiger partial charge in [-0.25, -0.2) is 4.79 Å². The van der Waals surface area contributed by atoms with Crippen molar-refractivity contribution in [1.82, 2.24) is 0 Å². The van der Waals surface area contributed by atoms with E-state index >= 15 is 0 Å². The average Bonchev–Trinajstić information content (AvgIpc) is 3.38. The molecule has 3 heterocycles. The molecule has 0 amide bonds. The fourth-order valence-corrected chi connectivity index (χ4v) is 4.06. The lowest BCUT2D eigenvalue weighted by atomic mass is 9.98. The lowest BCUT2D eigenvalue weighted by molar-refractivity contribution is -0.147. The Morgan fingerprint density at radius 2 is 1.97 bits per heavy atom. The number of rotatable bonds is 3. The van der Waals surface area contributed by atoms with E-state index in [1.165, 1.54) is 7.11 Å². The van der Waals surface area contributed by atoms with Crippen LogP contribution in [-0.2, 0) is 18.9 Å². The monoisotopic (exact) mass is 475 g/mol. The van der Waals surface area contributed by atoms with Crippen LogP contribution in [0.1, 0.15) is 50.0 Å². The minimum absolute atomic E-state index is 0.0231. The largest absolute Gasteiger partial charge is 0.466 e. The lowest BCUT2D eigenvalue weighted by Gasteiger charge is -2.22. The van der Waals surface area contributed by atoms with Gasteiger partial charge in [-0.05, 0) is 27.2 Å². The molecule has 1 fully saturated rings. The normalized spacial score (nSPS) is 30.6. The van der Waals surface area contributed by atoms with Crippen molar-refractivity contribution in [3.05, 3.63) is 41.5 Å². The smallest absolute Gasteiger partial charge is 0.342 e. The van der Waals surface area contributed by atoms with Crippen molar-refractivity contribution in [2.45, 2.75) is 58.2 Å². The number of benzene rings is 1. The SMILES string of the molecule is COCOc1cc2c(c3c1C(=O)O[C@@H](C)[C@H](C)/C=C\[C](O)[C@H]1OC(C)(C)O[C@H]1C/C=C/3)OCO2. The van der Waals surface area contributed by atoms with Gasteiger partial charge in [-0.3, -0.25) is 0 Å². The second-order valence-electron chi connectivity index (χ2n) is 8.93. The van der Waals surface area contributed by atoms with Gasteiger partial charge in [0.05, 0.1) is 6.10 Å². The number of hydrogen-bond donors (Lipinski definition) is 1. The van der Waals surface area contributed by atoms with Crippen molar-refractivity contribution in [3.63, 3.8) is 0 Å². The van der Waals surface area contributed by atoms with E-state index in [9.17, 15) is 9.90 Å². The highest BCUT2D eigenvalue weighted by Crippen LogP contribution is 2.44. The maximum atomic E-state index is 13.4. The molecule has 0 spiro atoms. The van der Waals surface area contributed by atoms with Gasteiger partial charge < -0.3 is 38.3 Å². The van der Waals surface area contributed by atoms with Gasteiger partial charge in [0.2, 0.25) is 6.79 Å². The van der Waals surface area contributed by atoms with Gasteiger partial charge in [0.25, 0.3) is 0 Å². The first-order valence-corrected chi connectivity index (χ1v) is 11.3. The van der Waals surface area contributed by atoms with Crippen molar-refractivity contribution >= 4 is 12.0 Å². The predicted molar refractivity (Wildman–Crippen MR) is 121 cm³/mol. The van der Waals surface area contributed by atoms with E-state index in [2.05, 4.69) is 0 Å². The standard InChI is InChI=1S/C25H31O9/c1-14-9-10-17(26)23-18(33-25(3,4)34-23)8-6-7-16-21(24(27)32-15(14)2)19(29-12-28-5)11-20-22(16)31-13-30-20/h6-7,9-11,14-15,18,23,26H,8,12-13H2,1-5H3/b7-6+,10-9-/t14-,15+,18+,23-/m1/s1. The van der Waals surface area contributed by atoms with E-state index in [0.717, 1.165) is 0 Å². The lowest BCUT2D eigenvalue weighted by Crippen LogP contribution is -2.29. The molecule has 1 aromatic carbocycles. The van der Waals surface area contributed by atoms with Gasteiger partial charge in [-0.15, -0.1) is 0 Å². The number of aliphatic hydroxyl groups excluding tert-OH is 1. The number of ether oxygens (including phenoxy) is 7. The molecule has 9 nitrogen and oxygen atoms in total. The van der Waals surface area contributed by atoms with Crippen molar-refractivity contribution in [2.75, 3.05) is 20.7 Å². The van der Waals surface area contributed by atoms with Crippen LogP contribution in [0.15, 0.2) is 24.3 Å². The highest BCUT2D eigenvalue weighted by Gasteiger charge is 2.44. The molecule has 0 bridgehead atoms. The summed E-state index contributed by atoms with van der Waals surface area (Å²) < 4.78 is 39.8. The van der Waals surface area contributed by atoms with E-state index in [1.807, 2.05) is 13.0 Å². The Labute approximate surface area is 199 Å². The molecule has 0 unspecified atom stereocenters. The van der Waals surface area contributed by atoms with Crippen LogP contribution in [0.3, 0.4) is 0 Å². The van der Waals surface area contributed by atoms with Crippen LogP contribution in [0.4, 0.5) is 0 Å². The molecule has 3 aliphatic rings. The maximum absolute atomic E-state index is 13.4. The summed E-state index contributed by atoms with van der Waals surface area (Å²) in [5.41, 5.74) is 0.689. The molecule has 1 saturated heterocycles. The molecule has 9 heteroatoms. The van der Waals surface area contributed by atoms with Gasteiger partial charge in [0.15, 0.2) is 24.1 Å². The molecule has 0 aromatic heterocycles. The minimum Gasteiger partial charge on any atom is -0.466 e. The second kappa shape index (κ2) is 9.95. The van der Waals surface area contributed by atoms with Crippen molar-refractivity contribution in [1.29, 1.82) is 0 Å². The molecule has 3 aliphatic heterocycles. The zero-order chi connectivity index (χ0) is 24.5. The first-order chi connectivity index (χ1) is 16.2. The highest BCUT2D eigenvalue weighted by atomic mass is 16.8. The van der Waals surface area contributed by atoms with Crippen molar-refractivity contribution < 1.29 is 43.1 Å². The summed E-state index contributed by atoms with van der Waals surface area (Å²) in [7, 11) is 1.49. The van der Waals surface area contributed by atoms with Crippen LogP contribution < -0.4 is 14.2 Å². The molecule has 1 N–H and O–H groups in total. The Kier molecular flexibility index (Phi) is 7.18. The average molecular weight is 476 g/mol. The quantitative estimate of drug-likeness (QED) is 0.514. The number of fused-ring (bicyclic) bond motifs is 4. The molecule has 4 atom stereocenters. The highest BCUT2D eigenvalue weighted by molar-refractivity contribution is 5.99. The molecule has 0 saturated carbocycles. The molecule has 34 heavy (non-hydrogen) atoms. The molecule has 185 valence electrons. The van der Waals surface area contributed by atoms with E-state index < -0.39 is 30.1 Å². The van der Waals surface area contributed by atoms with Crippen LogP contribution in [0.2, 0.25) is 0 Å². The summed E-state index contributed by atoms with van der Waals surface area (Å²) in [5.74, 6) is -0.466. The van der Waals surface area contributed by atoms with E-state index in [-0.39, 0.29) is 36.9 Å². The van der Waals surface area contributed by atoms with Crippen LogP contribution in [-0.4, -0.2) is 55.9 Å². The van der Waals surface area contributed by atoms with E-state index in [4.69, 9.17) is 33.2 Å². The second-order valence-corrected chi connectivity index (χ2v) is 8.93. The first-order valence-electron chi connectivity index (χ1n) is 11.3. The Bertz CT molecular complexity index is 968. The Morgan fingerprint density at radius 1 is 1.18 bits per heavy atom. The van der Waals surface area contributed by atoms with Crippen LogP contribution in [0.5, 0.6) is 17.2 Å². The summed E-state index contributed by atoms with van der Waals surface area (Å²) in [6, 6.07) is 1.60. The molecule has 0 aliphatic carbocycles. The van der Waals surface area contributed by atoms with Gasteiger partial charge in [0, 0.05) is 24.7 Å². The van der Waals surface area contributed by atoms with Crippen molar-refractivity contribution in [3.8, 4) is 17.2 Å². The number of cyclic esters (lactones) is 1. The summed E-state index contributed by atoms with van der Waals surface area (Å²) in [4.78, 5) is 13.4. The Hall–Kier alpha value is -2.59. The third kappa shape index (κ3) is 5.07. The summed E-state index contributed by atoms with van der Waals surface area (Å²) in [6.45, 7) is 7.25. The third-order valence-corrected chi connectivity index (χ3v) is 5.93. The fourth-order valence-electron chi connectivity index (χ4n) is 4.06. The van der Waals surface area contributed by atoms with Gasteiger partial charge in [-0.1, -0.05) is 31.2 Å². The van der Waals surface area contributed by atoms with Crippen LogP contribution in [0.25, 0.3) is 6.08 Å². The molecule has 1 radical (unpaired) electrons. The maximum Gasteiger partial charge on any atom is 0.342 e. The molecule has 1 aromatic rings. The first kappa shape index (κ1) is 24.5. The topological polar surface area (TPSA) is 102 Å². The number of aliphatic hydroxyl groups is 1. The Morgan fingerprint density at radius 3 is 2.74 bits per heavy atom. The van der Waals surface area contributed by atoms with Gasteiger partial charge in [-0.2, -0.15) is 0 Å². The minimum atomic E-state index is -0.853. The predicted octanol–water partition coefficient (Wildman–Crippen LogP) is 3.98. The van der Waals surface area contributed by atoms with Crippen LogP contribution in [0, 0.1) is 12.0 Å². The fraction of sp³-hybridized carbons (Fsp3) is 0.520. The number of carbonyl (C=O) groups is 1. The zero-order valence-electron chi connectivity index (χ0n) is 20.0. The number of hydrogen-bond acceptors (Lipinski definition) is 9. The molecular formula is C25H31O9. The number of methoxy groups -OCH3 is 1. The summed E-state index contributed by atoms with van der Waals surface area (Å²) in [5, 5.41) is 10.7. The molecule has 4 rings (SSSR count). The van der Waals surface area contributed by atoms with Gasteiger partial charge in [0.1, 0.15) is 29.6 Å². The van der Waals surface area contributed by atoms with Crippen LogP contribution >= 0.6 is 0 Å². The summed E-state index contributed by atoms with van der Waals surface area (Å²) >= 11 is 0. The number of esters is 1. The summed E-state index contributed by atoms with van der Waals surface area (Å²) in [6.07, 6.45) is 5.86. The van der Waals surface area contributed by atoms with Crippen molar-refractivity contribution in [2.24, 2.45) is 5.92 Å². The molecular weight excluding hydrogens is 444 g/mol. The number of carbonyl (C=O) groups excluding carboxylic acids is 1. The van der Waals surface area contributed by atoms with E-state index in [1.54, 1.807) is 45.1 Å². The third-order valence-electron chi connectivity index (χ3n) is 5.93. The van der Waals surface area contributed by atoms with Gasteiger partial charge >= 0.3 is 5.97 Å². The van der Waals surface area contributed by atoms with E-state index in [0.29, 0.717) is 23.5 Å². The Balaban J connectivity index is 1.79.